The SMILES string of the molecule is CCCC(C(=O)NC=O)N(C=O)c1ccc(CC2CCN(C)CC2)cc1N(C)C. The summed E-state index contributed by atoms with van der Waals surface area (Å²) in [4.78, 5) is 40.9. The molecule has 1 aliphatic heterocycles. The number of hydrogen-bond acceptors (Lipinski definition) is 5. The van der Waals surface area contributed by atoms with E-state index in [1.54, 1.807) is 0 Å². The molecule has 0 spiro atoms. The molecule has 7 heteroatoms. The van der Waals surface area contributed by atoms with E-state index < -0.39 is 11.9 Å². The van der Waals surface area contributed by atoms with E-state index in [4.69, 9.17) is 0 Å². The van der Waals surface area contributed by atoms with E-state index in [1.807, 2.05) is 32.0 Å². The van der Waals surface area contributed by atoms with E-state index in [2.05, 4.69) is 29.4 Å². The number of hydrogen-bond donors (Lipinski definition) is 1. The van der Waals surface area contributed by atoms with Crippen LogP contribution in [-0.4, -0.2) is 63.9 Å². The van der Waals surface area contributed by atoms with Crippen molar-refractivity contribution < 1.29 is 14.4 Å². The van der Waals surface area contributed by atoms with Crippen LogP contribution in [0.15, 0.2) is 18.2 Å². The van der Waals surface area contributed by atoms with Crippen LogP contribution in [0.25, 0.3) is 0 Å². The molecule has 1 aromatic carbocycles. The maximum absolute atomic E-state index is 12.4. The number of rotatable bonds is 10. The molecule has 0 aliphatic carbocycles. The summed E-state index contributed by atoms with van der Waals surface area (Å²) in [5.41, 5.74) is 2.81. The van der Waals surface area contributed by atoms with Gasteiger partial charge in [0, 0.05) is 14.1 Å². The van der Waals surface area contributed by atoms with Crippen LogP contribution in [0, 0.1) is 5.92 Å². The molecule has 1 saturated heterocycles. The zero-order valence-electron chi connectivity index (χ0n) is 18.1. The summed E-state index contributed by atoms with van der Waals surface area (Å²) >= 11 is 0. The van der Waals surface area contributed by atoms with Crippen LogP contribution < -0.4 is 15.1 Å². The smallest absolute Gasteiger partial charge is 0.249 e. The first kappa shape index (κ1) is 22.9. The number of likely N-dealkylation sites (tertiary alicyclic amines) is 1. The van der Waals surface area contributed by atoms with Crippen molar-refractivity contribution in [3.63, 3.8) is 0 Å². The molecule has 3 amide bonds. The monoisotopic (exact) mass is 402 g/mol. The van der Waals surface area contributed by atoms with Crippen molar-refractivity contribution in [1.82, 2.24) is 10.2 Å². The Bertz CT molecular complexity index is 699. The molecule has 160 valence electrons. The molecule has 1 heterocycles. The highest BCUT2D eigenvalue weighted by Crippen LogP contribution is 2.32. The predicted octanol–water partition coefficient (Wildman–Crippen LogP) is 2.04. The van der Waals surface area contributed by atoms with Gasteiger partial charge in [0.15, 0.2) is 0 Å². The molecule has 1 N–H and O–H groups in total. The van der Waals surface area contributed by atoms with Gasteiger partial charge in [-0.2, -0.15) is 0 Å². The molecule has 1 unspecified atom stereocenters. The summed E-state index contributed by atoms with van der Waals surface area (Å²) in [6, 6.07) is 5.37. The van der Waals surface area contributed by atoms with Gasteiger partial charge >= 0.3 is 0 Å². The van der Waals surface area contributed by atoms with Crippen LogP contribution in [0.1, 0.15) is 38.2 Å². The van der Waals surface area contributed by atoms with Gasteiger partial charge in [-0.05, 0) is 69.4 Å². The molecule has 1 aliphatic rings. The third-order valence-corrected chi connectivity index (χ3v) is 5.68. The van der Waals surface area contributed by atoms with Crippen LogP contribution in [0.2, 0.25) is 0 Å². The van der Waals surface area contributed by atoms with E-state index in [9.17, 15) is 14.4 Å². The second kappa shape index (κ2) is 11.0. The van der Waals surface area contributed by atoms with Crippen LogP contribution in [0.4, 0.5) is 11.4 Å². The average Bonchev–Trinajstić information content (AvgIpc) is 2.70. The standard InChI is InChI=1S/C22H34N4O3/c1-5-6-20(22(29)23-15-27)26(16-28)19-8-7-18(14-21(19)24(2)3)13-17-9-11-25(4)12-10-17/h7-8,14-17,20H,5-6,9-13H2,1-4H3,(H,23,27,29). The first-order chi connectivity index (χ1) is 13.9. The van der Waals surface area contributed by atoms with Crippen molar-refractivity contribution in [3.8, 4) is 0 Å². The van der Waals surface area contributed by atoms with E-state index >= 15 is 0 Å². The topological polar surface area (TPSA) is 73.0 Å². The summed E-state index contributed by atoms with van der Waals surface area (Å²) in [6.45, 7) is 4.21. The third-order valence-electron chi connectivity index (χ3n) is 5.68. The Morgan fingerprint density at radius 1 is 1.24 bits per heavy atom. The number of carbonyl (C=O) groups is 3. The molecule has 0 radical (unpaired) electrons. The lowest BCUT2D eigenvalue weighted by Crippen LogP contribution is -2.46. The third kappa shape index (κ3) is 6.03. The Hall–Kier alpha value is -2.41. The molecule has 29 heavy (non-hydrogen) atoms. The highest BCUT2D eigenvalue weighted by atomic mass is 16.2. The number of amides is 3. The molecule has 0 bridgehead atoms. The second-order valence-electron chi connectivity index (χ2n) is 8.11. The number of nitrogens with zero attached hydrogens (tertiary/aromatic N) is 3. The highest BCUT2D eigenvalue weighted by Gasteiger charge is 2.27. The van der Waals surface area contributed by atoms with Gasteiger partial charge in [0.05, 0.1) is 11.4 Å². The van der Waals surface area contributed by atoms with E-state index in [-0.39, 0.29) is 0 Å². The molecular weight excluding hydrogens is 368 g/mol. The fraction of sp³-hybridized carbons (Fsp3) is 0.591. The first-order valence-electron chi connectivity index (χ1n) is 10.4. The van der Waals surface area contributed by atoms with Crippen molar-refractivity contribution >= 4 is 30.1 Å². The molecular formula is C22H34N4O3. The molecule has 1 atom stereocenters. The number of piperidine rings is 1. The summed E-state index contributed by atoms with van der Waals surface area (Å²) in [6.07, 6.45) is 5.64. The summed E-state index contributed by atoms with van der Waals surface area (Å²) in [5, 5.41) is 2.20. The number of nitrogens with one attached hydrogen (secondary N) is 1. The number of anilines is 2. The minimum Gasteiger partial charge on any atom is -0.376 e. The van der Waals surface area contributed by atoms with Crippen LogP contribution in [0.3, 0.4) is 0 Å². The Morgan fingerprint density at radius 2 is 1.93 bits per heavy atom. The Balaban J connectivity index is 2.30. The fourth-order valence-corrected chi connectivity index (χ4v) is 3.99. The maximum atomic E-state index is 12.4. The van der Waals surface area contributed by atoms with Gasteiger partial charge in [-0.1, -0.05) is 19.4 Å². The molecule has 0 aromatic heterocycles. The summed E-state index contributed by atoms with van der Waals surface area (Å²) in [7, 11) is 6.03. The lowest BCUT2D eigenvalue weighted by molar-refractivity contribution is -0.127. The number of benzene rings is 1. The fourth-order valence-electron chi connectivity index (χ4n) is 3.99. The summed E-state index contributed by atoms with van der Waals surface area (Å²) < 4.78 is 0. The Labute approximate surface area is 174 Å². The van der Waals surface area contributed by atoms with Crippen molar-refractivity contribution in [2.24, 2.45) is 5.92 Å². The molecule has 1 aromatic rings. The van der Waals surface area contributed by atoms with Crippen LogP contribution in [-0.2, 0) is 20.8 Å². The normalized spacial score (nSPS) is 16.1. The quantitative estimate of drug-likeness (QED) is 0.607. The molecule has 2 rings (SSSR count). The van der Waals surface area contributed by atoms with Crippen molar-refractivity contribution in [1.29, 1.82) is 0 Å². The molecule has 7 nitrogen and oxygen atoms in total. The van der Waals surface area contributed by atoms with Crippen molar-refractivity contribution in [2.45, 2.75) is 45.1 Å². The van der Waals surface area contributed by atoms with Gasteiger partial charge in [-0.3, -0.25) is 19.7 Å². The largest absolute Gasteiger partial charge is 0.376 e. The second-order valence-corrected chi connectivity index (χ2v) is 8.11. The van der Waals surface area contributed by atoms with Crippen LogP contribution >= 0.6 is 0 Å². The lowest BCUT2D eigenvalue weighted by Gasteiger charge is -2.31. The zero-order chi connectivity index (χ0) is 21.4. The predicted molar refractivity (Wildman–Crippen MR) is 116 cm³/mol. The highest BCUT2D eigenvalue weighted by molar-refractivity contribution is 5.98. The van der Waals surface area contributed by atoms with Gasteiger partial charge in [0.25, 0.3) is 0 Å². The van der Waals surface area contributed by atoms with Crippen LogP contribution in [0.5, 0.6) is 0 Å². The minimum absolute atomic E-state index is 0.367. The Kier molecular flexibility index (Phi) is 8.64. The first-order valence-corrected chi connectivity index (χ1v) is 10.4. The van der Waals surface area contributed by atoms with Gasteiger partial charge in [-0.15, -0.1) is 0 Å². The lowest BCUT2D eigenvalue weighted by atomic mass is 9.90. The van der Waals surface area contributed by atoms with Gasteiger partial charge in [0.2, 0.25) is 18.7 Å². The maximum Gasteiger partial charge on any atom is 0.249 e. The van der Waals surface area contributed by atoms with Gasteiger partial charge in [-0.25, -0.2) is 0 Å². The van der Waals surface area contributed by atoms with Gasteiger partial charge in [0.1, 0.15) is 6.04 Å². The molecule has 1 fully saturated rings. The Morgan fingerprint density at radius 3 is 2.48 bits per heavy atom. The van der Waals surface area contributed by atoms with Gasteiger partial charge < -0.3 is 14.7 Å². The minimum atomic E-state index is -0.721. The summed E-state index contributed by atoms with van der Waals surface area (Å²) in [5.74, 6) is 0.203. The van der Waals surface area contributed by atoms with E-state index in [1.165, 1.54) is 23.3 Å². The van der Waals surface area contributed by atoms with E-state index in [0.717, 1.165) is 25.2 Å². The van der Waals surface area contributed by atoms with Crippen molar-refractivity contribution in [3.05, 3.63) is 23.8 Å². The van der Waals surface area contributed by atoms with E-state index in [0.29, 0.717) is 37.3 Å². The average molecular weight is 403 g/mol. The zero-order valence-corrected chi connectivity index (χ0v) is 18.1. The number of imide groups is 1. The van der Waals surface area contributed by atoms with Crippen molar-refractivity contribution in [2.75, 3.05) is 44.0 Å². The molecule has 0 saturated carbocycles. The number of carbonyl (C=O) groups excluding carboxylic acids is 3.